The van der Waals surface area contributed by atoms with E-state index in [1.54, 1.807) is 11.9 Å². The van der Waals surface area contributed by atoms with Crippen LogP contribution in [0.25, 0.3) is 0 Å². The molecule has 428 valence electrons. The Bertz CT molecular complexity index is 2420. The molecule has 0 spiro atoms. The number of phosphoric acid groups is 1. The zero-order valence-corrected chi connectivity index (χ0v) is 46.8. The molecule has 0 aliphatic carbocycles. The quantitative estimate of drug-likeness (QED) is 0.0256. The first-order valence-corrected chi connectivity index (χ1v) is 28.2. The molecule has 6 N–H and O–H groups in total. The second-order valence-electron chi connectivity index (χ2n) is 19.6. The number of carboxylic acid groups (broad SMARTS) is 1. The third-order valence-electron chi connectivity index (χ3n) is 13.2. The summed E-state index contributed by atoms with van der Waals surface area (Å²) in [5.41, 5.74) is 0.234. The number of likely N-dealkylation sites (N-methyl/N-ethyl adjacent to an activating group) is 2. The van der Waals surface area contributed by atoms with Gasteiger partial charge >= 0.3 is 19.8 Å². The van der Waals surface area contributed by atoms with Crippen LogP contribution in [0.2, 0.25) is 0 Å². The lowest BCUT2D eigenvalue weighted by molar-refractivity contribution is -0.149. The number of carbonyl (C=O) groups is 8. The van der Waals surface area contributed by atoms with E-state index in [2.05, 4.69) is 20.9 Å². The van der Waals surface area contributed by atoms with Crippen LogP contribution in [0.4, 0.5) is 5.69 Å². The Labute approximate surface area is 453 Å². The highest BCUT2D eigenvalue weighted by Gasteiger charge is 2.38. The number of nitrogens with zero attached hydrogens (tertiary/aromatic N) is 4. The lowest BCUT2D eigenvalue weighted by Gasteiger charge is -2.38. The Morgan fingerprint density at radius 2 is 1.57 bits per heavy atom. The van der Waals surface area contributed by atoms with Gasteiger partial charge in [-0.15, -0.1) is 11.3 Å². The van der Waals surface area contributed by atoms with Crippen molar-refractivity contribution in [2.45, 2.75) is 123 Å². The number of carboxylic acids is 1. The number of ether oxygens (including phenoxy) is 4. The molecule has 1 saturated heterocycles. The number of thiazole rings is 1. The summed E-state index contributed by atoms with van der Waals surface area (Å²) in [6.45, 7) is 12.1. The minimum atomic E-state index is -5.11. The average molecular weight is 1120 g/mol. The molecule has 0 saturated carbocycles. The van der Waals surface area contributed by atoms with Gasteiger partial charge in [0.15, 0.2) is 11.9 Å². The van der Waals surface area contributed by atoms with Gasteiger partial charge in [0.2, 0.25) is 17.7 Å². The minimum Gasteiger partial charge on any atom is -0.481 e. The van der Waals surface area contributed by atoms with E-state index < -0.39 is 73.5 Å². The second kappa shape index (κ2) is 31.1. The topological polar surface area (TPSA) is 319 Å². The van der Waals surface area contributed by atoms with Crippen LogP contribution in [0.15, 0.2) is 35.7 Å². The lowest BCUT2D eigenvalue weighted by Crippen LogP contribution is -2.58. The van der Waals surface area contributed by atoms with Gasteiger partial charge < -0.3 is 49.4 Å². The summed E-state index contributed by atoms with van der Waals surface area (Å²) < 4.78 is 38.9. The number of carbonyl (C=O) groups excluding carboxylic acids is 7. The average Bonchev–Trinajstić information content (AvgIpc) is 3.99. The van der Waals surface area contributed by atoms with Gasteiger partial charge in [0.25, 0.3) is 17.7 Å². The summed E-state index contributed by atoms with van der Waals surface area (Å²) in [4.78, 5) is 131. The molecule has 2 aromatic rings. The van der Waals surface area contributed by atoms with Crippen LogP contribution < -0.4 is 20.5 Å². The fraction of sp³-hybridized carbons (Fsp3) is 0.627. The van der Waals surface area contributed by atoms with Gasteiger partial charge in [0.05, 0.1) is 70.3 Å². The number of hydrogen-bond acceptors (Lipinski definition) is 17. The Balaban J connectivity index is 1.42. The molecule has 26 heteroatoms. The minimum absolute atomic E-state index is 0.0230. The standard InChI is InChI=1S/C51H76N7O17PS/c1-9-32(4)46(55-48(64)39-12-10-11-18-56(39)7)50(65)57(8)40(31(2)3)29-42(74-34(6)59)49-54-38(30-77-49)47(63)52-36(26-33(5)51(66)67)27-35-13-14-41(75-76(68,69)70)37(28-35)53-43(60)17-20-71-22-24-73-25-23-72-21-19-58-44(61)15-16-45(58)62/h13-16,28,30-33,36,39-40,42,46H,9-12,17-27,29H2,1-8H3,(H,52,63)(H,53,60)(H,55,64)(H,66,67)(H2,68,69,70)/t32-,33?,36+,39+,40+,42+,46?/m0/s1. The van der Waals surface area contributed by atoms with E-state index in [0.717, 1.165) is 35.6 Å². The number of piperidine rings is 1. The molecule has 0 bridgehead atoms. The number of phosphoric ester groups is 1. The van der Waals surface area contributed by atoms with Gasteiger partial charge in [-0.1, -0.05) is 53.5 Å². The van der Waals surface area contributed by atoms with Gasteiger partial charge in [0.1, 0.15) is 16.7 Å². The van der Waals surface area contributed by atoms with Crippen molar-refractivity contribution < 1.29 is 81.3 Å². The van der Waals surface area contributed by atoms with Gasteiger partial charge in [0, 0.05) is 50.0 Å². The predicted octanol–water partition coefficient (Wildman–Crippen LogP) is 3.86. The van der Waals surface area contributed by atoms with Crippen molar-refractivity contribution in [1.82, 2.24) is 30.3 Å². The predicted molar refractivity (Wildman–Crippen MR) is 281 cm³/mol. The molecule has 2 unspecified atom stereocenters. The first-order valence-electron chi connectivity index (χ1n) is 25.8. The largest absolute Gasteiger partial charge is 0.524 e. The van der Waals surface area contributed by atoms with Gasteiger partial charge in [-0.3, -0.25) is 57.9 Å². The van der Waals surface area contributed by atoms with Crippen molar-refractivity contribution in [3.8, 4) is 5.75 Å². The number of nitrogens with one attached hydrogen (secondary N) is 3. The van der Waals surface area contributed by atoms with Gasteiger partial charge in [-0.25, -0.2) is 9.55 Å². The highest BCUT2D eigenvalue weighted by molar-refractivity contribution is 7.46. The maximum Gasteiger partial charge on any atom is 0.524 e. The van der Waals surface area contributed by atoms with Crippen LogP contribution in [0, 0.1) is 17.8 Å². The normalized spacial score (nSPS) is 17.3. The summed E-state index contributed by atoms with van der Waals surface area (Å²) >= 11 is 1.06. The summed E-state index contributed by atoms with van der Waals surface area (Å²) in [5.74, 6) is -5.99. The van der Waals surface area contributed by atoms with E-state index in [9.17, 15) is 57.8 Å². The number of rotatable bonds is 33. The lowest BCUT2D eigenvalue weighted by atomic mass is 9.92. The zero-order valence-electron chi connectivity index (χ0n) is 45.1. The Morgan fingerprint density at radius 1 is 0.922 bits per heavy atom. The molecule has 2 aliphatic rings. The van der Waals surface area contributed by atoms with Crippen LogP contribution in [0.1, 0.15) is 114 Å². The number of likely N-dealkylation sites (tertiary alicyclic amines) is 1. The first kappa shape index (κ1) is 63.9. The molecule has 2 aliphatic heterocycles. The maximum atomic E-state index is 14.4. The highest BCUT2D eigenvalue weighted by atomic mass is 32.1. The third-order valence-corrected chi connectivity index (χ3v) is 14.6. The summed E-state index contributed by atoms with van der Waals surface area (Å²) in [7, 11) is -1.55. The van der Waals surface area contributed by atoms with E-state index in [1.807, 2.05) is 39.6 Å². The van der Waals surface area contributed by atoms with Crippen molar-refractivity contribution in [2.75, 3.05) is 72.1 Å². The Hall–Kier alpha value is -5.66. The van der Waals surface area contributed by atoms with Crippen molar-refractivity contribution in [1.29, 1.82) is 0 Å². The van der Waals surface area contributed by atoms with Crippen molar-refractivity contribution >= 4 is 72.2 Å². The number of imide groups is 1. The molecule has 77 heavy (non-hydrogen) atoms. The molecule has 7 atom stereocenters. The van der Waals surface area contributed by atoms with Gasteiger partial charge in [-0.2, -0.15) is 0 Å². The highest BCUT2D eigenvalue weighted by Crippen LogP contribution is 2.41. The Morgan fingerprint density at radius 3 is 2.17 bits per heavy atom. The molecule has 1 aromatic heterocycles. The molecular weight excluding hydrogens is 1050 g/mol. The van der Waals surface area contributed by atoms with E-state index in [-0.39, 0.29) is 124 Å². The summed E-state index contributed by atoms with van der Waals surface area (Å²) in [5, 5.41) is 20.1. The fourth-order valence-electron chi connectivity index (χ4n) is 8.76. The van der Waals surface area contributed by atoms with Crippen LogP contribution in [0.3, 0.4) is 0 Å². The van der Waals surface area contributed by atoms with E-state index in [4.69, 9.17) is 23.5 Å². The molecule has 24 nitrogen and oxygen atoms in total. The number of aromatic nitrogens is 1. The maximum absolute atomic E-state index is 14.4. The summed E-state index contributed by atoms with van der Waals surface area (Å²) in [6, 6.07) is 1.51. The molecule has 6 amide bonds. The monoisotopic (exact) mass is 1120 g/mol. The zero-order chi connectivity index (χ0) is 57.0. The smallest absolute Gasteiger partial charge is 0.481 e. The summed E-state index contributed by atoms with van der Waals surface area (Å²) in [6.07, 6.45) is 4.45. The molecule has 1 aromatic carbocycles. The number of benzene rings is 1. The molecule has 1 fully saturated rings. The van der Waals surface area contributed by atoms with Crippen LogP contribution in [0.5, 0.6) is 5.75 Å². The number of aliphatic carboxylic acids is 1. The second-order valence-corrected chi connectivity index (χ2v) is 21.6. The molecular formula is C51H76N7O17PS. The van der Waals surface area contributed by atoms with E-state index in [0.29, 0.717) is 18.4 Å². The van der Waals surface area contributed by atoms with Crippen LogP contribution >= 0.6 is 19.2 Å². The van der Waals surface area contributed by atoms with Crippen LogP contribution in [-0.4, -0.2) is 173 Å². The van der Waals surface area contributed by atoms with E-state index >= 15 is 0 Å². The molecule has 0 radical (unpaired) electrons. The Kier molecular flexibility index (Phi) is 25.8. The third kappa shape index (κ3) is 20.9. The molecule has 4 rings (SSSR count). The van der Waals surface area contributed by atoms with Crippen molar-refractivity contribution in [3.63, 3.8) is 0 Å². The van der Waals surface area contributed by atoms with Crippen LogP contribution in [-0.2, 0) is 63.5 Å². The SMILES string of the molecule is CC[C@H](C)C(NC(=O)[C@H]1CCCCN1C)C(=O)N(C)[C@H](C[C@@H](OC(C)=O)c1nc(C(=O)N[C@@H](Cc2ccc(OP(=O)(O)O)c(NC(=O)CCOCCOCCOCCN3C(=O)C=CC3=O)c2)CC(C)C(=O)O)cs1)C(C)C. The fourth-order valence-corrected chi connectivity index (χ4v) is 10.0. The number of esters is 1. The van der Waals surface area contributed by atoms with Crippen molar-refractivity contribution in [2.24, 2.45) is 17.8 Å². The molecule has 3 heterocycles. The van der Waals surface area contributed by atoms with Crippen molar-refractivity contribution in [3.05, 3.63) is 52.0 Å². The number of anilines is 1. The van der Waals surface area contributed by atoms with Gasteiger partial charge in [-0.05, 0) is 68.8 Å². The first-order chi connectivity index (χ1) is 36.4. The van der Waals surface area contributed by atoms with E-state index in [1.165, 1.54) is 49.6 Å². The number of hydrogen-bond donors (Lipinski definition) is 6. The number of amides is 6.